The van der Waals surface area contributed by atoms with E-state index in [1.165, 1.54) is 0 Å². The summed E-state index contributed by atoms with van der Waals surface area (Å²) in [7, 11) is 5.68. The molecule has 0 bridgehead atoms. The van der Waals surface area contributed by atoms with E-state index in [2.05, 4.69) is 18.7 Å². The third kappa shape index (κ3) is 3.24. The molecule has 2 atom stereocenters. The van der Waals surface area contributed by atoms with Crippen LogP contribution >= 0.6 is 0 Å². The largest absolute Gasteiger partial charge is 0.497 e. The SMILES string of the molecule is CCC(C)(C(O)Cc1cccc(OC)c1)N(C)C. The molecule has 1 N–H and O–H groups in total. The van der Waals surface area contributed by atoms with Gasteiger partial charge in [-0.2, -0.15) is 0 Å². The summed E-state index contributed by atoms with van der Waals surface area (Å²) >= 11 is 0. The van der Waals surface area contributed by atoms with Crippen molar-refractivity contribution in [3.8, 4) is 5.75 Å². The van der Waals surface area contributed by atoms with E-state index in [0.717, 1.165) is 17.7 Å². The first-order valence-electron chi connectivity index (χ1n) is 6.42. The maximum atomic E-state index is 10.5. The quantitative estimate of drug-likeness (QED) is 0.842. The van der Waals surface area contributed by atoms with E-state index in [9.17, 15) is 5.11 Å². The summed E-state index contributed by atoms with van der Waals surface area (Å²) in [5.41, 5.74) is 0.895. The van der Waals surface area contributed by atoms with Gasteiger partial charge in [-0.3, -0.25) is 0 Å². The lowest BCUT2D eigenvalue weighted by molar-refractivity contribution is 0.00299. The molecule has 0 aliphatic heterocycles. The van der Waals surface area contributed by atoms with Gasteiger partial charge in [-0.1, -0.05) is 19.1 Å². The Labute approximate surface area is 110 Å². The van der Waals surface area contributed by atoms with Gasteiger partial charge in [0.05, 0.1) is 13.2 Å². The zero-order valence-electron chi connectivity index (χ0n) is 12.1. The highest BCUT2D eigenvalue weighted by atomic mass is 16.5. The van der Waals surface area contributed by atoms with Crippen LogP contribution in [0.4, 0.5) is 0 Å². The monoisotopic (exact) mass is 251 g/mol. The van der Waals surface area contributed by atoms with E-state index in [1.807, 2.05) is 38.4 Å². The molecule has 0 aromatic heterocycles. The molecule has 18 heavy (non-hydrogen) atoms. The van der Waals surface area contributed by atoms with Gasteiger partial charge < -0.3 is 14.7 Å². The van der Waals surface area contributed by atoms with Crippen LogP contribution in [0.3, 0.4) is 0 Å². The van der Waals surface area contributed by atoms with Crippen LogP contribution in [0.25, 0.3) is 0 Å². The molecule has 1 aromatic rings. The average molecular weight is 251 g/mol. The summed E-state index contributed by atoms with van der Waals surface area (Å²) in [6.45, 7) is 4.20. The third-order valence-corrected chi connectivity index (χ3v) is 4.02. The highest BCUT2D eigenvalue weighted by Crippen LogP contribution is 2.24. The van der Waals surface area contributed by atoms with Crippen molar-refractivity contribution in [1.82, 2.24) is 4.90 Å². The van der Waals surface area contributed by atoms with Crippen LogP contribution in [0.15, 0.2) is 24.3 Å². The van der Waals surface area contributed by atoms with Gasteiger partial charge in [0.2, 0.25) is 0 Å². The number of rotatable bonds is 6. The predicted octanol–water partition coefficient (Wildman–Crippen LogP) is 2.33. The molecule has 1 aromatic carbocycles. The maximum Gasteiger partial charge on any atom is 0.119 e. The second-order valence-corrected chi connectivity index (χ2v) is 5.18. The number of nitrogens with zero attached hydrogens (tertiary/aromatic N) is 1. The molecule has 0 aliphatic rings. The molecule has 0 radical (unpaired) electrons. The van der Waals surface area contributed by atoms with Crippen LogP contribution in [-0.4, -0.2) is 42.9 Å². The molecule has 0 amide bonds. The number of benzene rings is 1. The summed E-state index contributed by atoms with van der Waals surface area (Å²) in [6.07, 6.45) is 1.15. The minimum absolute atomic E-state index is 0.205. The lowest BCUT2D eigenvalue weighted by atomic mass is 9.86. The average Bonchev–Trinajstić information content (AvgIpc) is 2.37. The van der Waals surface area contributed by atoms with Crippen molar-refractivity contribution < 1.29 is 9.84 Å². The zero-order chi connectivity index (χ0) is 13.8. The minimum atomic E-state index is -0.399. The van der Waals surface area contributed by atoms with Gasteiger partial charge in [0.25, 0.3) is 0 Å². The lowest BCUT2D eigenvalue weighted by Crippen LogP contribution is -2.51. The van der Waals surface area contributed by atoms with Gasteiger partial charge >= 0.3 is 0 Å². The van der Waals surface area contributed by atoms with E-state index >= 15 is 0 Å². The van der Waals surface area contributed by atoms with Crippen molar-refractivity contribution in [2.75, 3.05) is 21.2 Å². The van der Waals surface area contributed by atoms with Gasteiger partial charge in [0.15, 0.2) is 0 Å². The second kappa shape index (κ2) is 6.21. The molecular formula is C15H25NO2. The molecule has 102 valence electrons. The normalized spacial score (nSPS) is 16.4. The topological polar surface area (TPSA) is 32.7 Å². The number of methoxy groups -OCH3 is 1. The highest BCUT2D eigenvalue weighted by Gasteiger charge is 2.33. The Balaban J connectivity index is 2.82. The molecule has 0 aliphatic carbocycles. The zero-order valence-corrected chi connectivity index (χ0v) is 12.1. The molecule has 0 heterocycles. The standard InChI is InChI=1S/C15H25NO2/c1-6-15(2,16(3)4)14(17)11-12-8-7-9-13(10-12)18-5/h7-10,14,17H,6,11H2,1-5H3. The van der Waals surface area contributed by atoms with Gasteiger partial charge in [-0.25, -0.2) is 0 Å². The van der Waals surface area contributed by atoms with Gasteiger partial charge in [0.1, 0.15) is 5.75 Å². The van der Waals surface area contributed by atoms with Crippen molar-refractivity contribution in [1.29, 1.82) is 0 Å². The summed E-state index contributed by atoms with van der Waals surface area (Å²) in [6, 6.07) is 7.88. The van der Waals surface area contributed by atoms with Crippen LogP contribution in [0, 0.1) is 0 Å². The van der Waals surface area contributed by atoms with Crippen LogP contribution in [-0.2, 0) is 6.42 Å². The Bertz CT molecular complexity index is 379. The van der Waals surface area contributed by atoms with Crippen molar-refractivity contribution in [2.45, 2.75) is 38.3 Å². The minimum Gasteiger partial charge on any atom is -0.497 e. The van der Waals surface area contributed by atoms with Crippen molar-refractivity contribution in [2.24, 2.45) is 0 Å². The number of aliphatic hydroxyl groups excluding tert-OH is 1. The van der Waals surface area contributed by atoms with E-state index in [1.54, 1.807) is 7.11 Å². The fourth-order valence-corrected chi connectivity index (χ4v) is 2.09. The summed E-state index contributed by atoms with van der Waals surface area (Å²) in [5, 5.41) is 10.5. The number of likely N-dealkylation sites (N-methyl/N-ethyl adjacent to an activating group) is 1. The molecule has 2 unspecified atom stereocenters. The van der Waals surface area contributed by atoms with E-state index in [4.69, 9.17) is 4.74 Å². The fraction of sp³-hybridized carbons (Fsp3) is 0.600. The van der Waals surface area contributed by atoms with Gasteiger partial charge in [-0.05, 0) is 45.1 Å². The number of ether oxygens (including phenoxy) is 1. The van der Waals surface area contributed by atoms with Crippen LogP contribution in [0.2, 0.25) is 0 Å². The Morgan fingerprint density at radius 1 is 1.39 bits per heavy atom. The number of hydrogen-bond donors (Lipinski definition) is 1. The van der Waals surface area contributed by atoms with Gasteiger partial charge in [-0.15, -0.1) is 0 Å². The first-order chi connectivity index (χ1) is 8.43. The second-order valence-electron chi connectivity index (χ2n) is 5.18. The maximum absolute atomic E-state index is 10.5. The molecule has 0 spiro atoms. The van der Waals surface area contributed by atoms with Crippen LogP contribution in [0.5, 0.6) is 5.75 Å². The Morgan fingerprint density at radius 3 is 2.56 bits per heavy atom. The molecule has 1 rings (SSSR count). The Hall–Kier alpha value is -1.06. The first-order valence-corrected chi connectivity index (χ1v) is 6.42. The number of aliphatic hydroxyl groups is 1. The van der Waals surface area contributed by atoms with E-state index in [-0.39, 0.29) is 5.54 Å². The lowest BCUT2D eigenvalue weighted by Gasteiger charge is -2.40. The Kier molecular flexibility index (Phi) is 5.17. The number of hydrogen-bond acceptors (Lipinski definition) is 3. The third-order valence-electron chi connectivity index (χ3n) is 4.02. The fourth-order valence-electron chi connectivity index (χ4n) is 2.09. The van der Waals surface area contributed by atoms with Crippen LogP contribution in [0.1, 0.15) is 25.8 Å². The Morgan fingerprint density at radius 2 is 2.06 bits per heavy atom. The van der Waals surface area contributed by atoms with Gasteiger partial charge in [0, 0.05) is 12.0 Å². The molecular weight excluding hydrogens is 226 g/mol. The highest BCUT2D eigenvalue weighted by molar-refractivity contribution is 5.29. The summed E-state index contributed by atoms with van der Waals surface area (Å²) in [5.74, 6) is 0.836. The first kappa shape index (κ1) is 15.0. The van der Waals surface area contributed by atoms with Crippen LogP contribution < -0.4 is 4.74 Å². The van der Waals surface area contributed by atoms with Crippen molar-refractivity contribution in [3.63, 3.8) is 0 Å². The molecule has 0 fully saturated rings. The smallest absolute Gasteiger partial charge is 0.119 e. The van der Waals surface area contributed by atoms with Crippen molar-refractivity contribution >= 4 is 0 Å². The molecule has 0 saturated carbocycles. The molecule has 0 saturated heterocycles. The summed E-state index contributed by atoms with van der Waals surface area (Å²) < 4.78 is 5.20. The molecule has 3 nitrogen and oxygen atoms in total. The van der Waals surface area contributed by atoms with Crippen molar-refractivity contribution in [3.05, 3.63) is 29.8 Å². The van der Waals surface area contributed by atoms with E-state index in [0.29, 0.717) is 6.42 Å². The summed E-state index contributed by atoms with van der Waals surface area (Å²) in [4.78, 5) is 2.10. The van der Waals surface area contributed by atoms with E-state index < -0.39 is 6.10 Å². The predicted molar refractivity (Wildman–Crippen MR) is 75.1 cm³/mol. The molecule has 3 heteroatoms.